The van der Waals surface area contributed by atoms with Crippen molar-refractivity contribution in [2.45, 2.75) is 19.8 Å². The first-order valence-electron chi connectivity index (χ1n) is 5.47. The lowest BCUT2D eigenvalue weighted by molar-refractivity contribution is 0.0694. The van der Waals surface area contributed by atoms with Gasteiger partial charge in [-0.05, 0) is 12.0 Å². The van der Waals surface area contributed by atoms with Crippen LogP contribution >= 0.6 is 0 Å². The zero-order valence-electron chi connectivity index (χ0n) is 10.0. The van der Waals surface area contributed by atoms with Gasteiger partial charge in [-0.1, -0.05) is 13.8 Å². The maximum Gasteiger partial charge on any atom is 0.339 e. The van der Waals surface area contributed by atoms with Crippen molar-refractivity contribution >= 4 is 5.97 Å². The fraction of sp³-hybridized carbons (Fsp3) is 0.250. The van der Waals surface area contributed by atoms with Crippen molar-refractivity contribution in [1.29, 1.82) is 0 Å². The molecule has 0 aliphatic carbocycles. The summed E-state index contributed by atoms with van der Waals surface area (Å²) in [6.45, 7) is 3.76. The largest absolute Gasteiger partial charge is 0.478 e. The Morgan fingerprint density at radius 3 is 2.39 bits per heavy atom. The van der Waals surface area contributed by atoms with Crippen molar-refractivity contribution in [1.82, 2.24) is 19.9 Å². The molecule has 0 radical (unpaired) electrons. The van der Waals surface area contributed by atoms with E-state index in [2.05, 4.69) is 19.9 Å². The van der Waals surface area contributed by atoms with Gasteiger partial charge in [-0.15, -0.1) is 0 Å². The first kappa shape index (κ1) is 12.1. The van der Waals surface area contributed by atoms with Crippen molar-refractivity contribution in [3.63, 3.8) is 0 Å². The van der Waals surface area contributed by atoms with E-state index in [1.807, 2.05) is 13.8 Å². The molecule has 2 aromatic rings. The molecule has 92 valence electrons. The summed E-state index contributed by atoms with van der Waals surface area (Å²) in [6, 6.07) is 1.69. The van der Waals surface area contributed by atoms with Crippen molar-refractivity contribution in [2.24, 2.45) is 0 Å². The molecule has 6 heteroatoms. The van der Waals surface area contributed by atoms with E-state index in [-0.39, 0.29) is 11.5 Å². The number of rotatable bonds is 3. The topological polar surface area (TPSA) is 88.9 Å². The lowest BCUT2D eigenvalue weighted by atomic mass is 10.1. The molecule has 0 bridgehead atoms. The first-order valence-corrected chi connectivity index (χ1v) is 5.47. The van der Waals surface area contributed by atoms with Gasteiger partial charge < -0.3 is 5.11 Å². The van der Waals surface area contributed by atoms with Crippen molar-refractivity contribution in [2.75, 3.05) is 0 Å². The van der Waals surface area contributed by atoms with E-state index in [0.717, 1.165) is 0 Å². The third-order valence-corrected chi connectivity index (χ3v) is 2.36. The van der Waals surface area contributed by atoms with E-state index in [1.165, 1.54) is 6.20 Å². The second kappa shape index (κ2) is 4.87. The number of aromatic nitrogens is 4. The molecule has 6 nitrogen and oxygen atoms in total. The Morgan fingerprint density at radius 2 is 1.83 bits per heavy atom. The maximum absolute atomic E-state index is 11.1. The van der Waals surface area contributed by atoms with Crippen LogP contribution in [0, 0.1) is 0 Å². The van der Waals surface area contributed by atoms with Crippen LogP contribution in [0.3, 0.4) is 0 Å². The molecule has 2 aromatic heterocycles. The van der Waals surface area contributed by atoms with E-state index >= 15 is 0 Å². The fourth-order valence-corrected chi connectivity index (χ4v) is 1.52. The molecular weight excluding hydrogens is 232 g/mol. The van der Waals surface area contributed by atoms with Gasteiger partial charge in [-0.2, -0.15) is 0 Å². The van der Waals surface area contributed by atoms with Gasteiger partial charge in [0.1, 0.15) is 0 Å². The minimum atomic E-state index is -1.03. The summed E-state index contributed by atoms with van der Waals surface area (Å²) in [7, 11) is 0. The van der Waals surface area contributed by atoms with Crippen LogP contribution in [0.15, 0.2) is 24.7 Å². The van der Waals surface area contributed by atoms with Gasteiger partial charge in [0.25, 0.3) is 0 Å². The van der Waals surface area contributed by atoms with E-state index < -0.39 is 5.97 Å². The van der Waals surface area contributed by atoms with E-state index in [1.54, 1.807) is 18.5 Å². The van der Waals surface area contributed by atoms with Crippen LogP contribution in [0.4, 0.5) is 0 Å². The summed E-state index contributed by atoms with van der Waals surface area (Å²) < 4.78 is 0. The number of hydrogen-bond acceptors (Lipinski definition) is 5. The minimum absolute atomic E-state index is 0.0124. The SMILES string of the molecule is CC(C)c1nc(-c2ncccn2)ncc1C(=O)O. The highest BCUT2D eigenvalue weighted by atomic mass is 16.4. The number of aromatic carboxylic acids is 1. The van der Waals surface area contributed by atoms with Gasteiger partial charge >= 0.3 is 5.97 Å². The van der Waals surface area contributed by atoms with E-state index in [0.29, 0.717) is 17.3 Å². The van der Waals surface area contributed by atoms with Crippen LogP contribution in [-0.4, -0.2) is 31.0 Å². The number of nitrogens with zero attached hydrogens (tertiary/aromatic N) is 4. The monoisotopic (exact) mass is 244 g/mol. The van der Waals surface area contributed by atoms with Crippen LogP contribution in [-0.2, 0) is 0 Å². The predicted molar refractivity (Wildman–Crippen MR) is 64.1 cm³/mol. The van der Waals surface area contributed by atoms with Gasteiger partial charge in [-0.25, -0.2) is 24.7 Å². The maximum atomic E-state index is 11.1. The van der Waals surface area contributed by atoms with Crippen LogP contribution in [0.5, 0.6) is 0 Å². The lowest BCUT2D eigenvalue weighted by Gasteiger charge is -2.09. The summed E-state index contributed by atoms with van der Waals surface area (Å²) >= 11 is 0. The summed E-state index contributed by atoms with van der Waals surface area (Å²) in [5.74, 6) is -0.318. The first-order chi connectivity index (χ1) is 8.59. The Bertz CT molecular complexity index is 570. The van der Waals surface area contributed by atoms with Gasteiger partial charge in [0.15, 0.2) is 11.6 Å². The number of carboxylic acids is 1. The van der Waals surface area contributed by atoms with Gasteiger partial charge in [0.05, 0.1) is 11.3 Å². The summed E-state index contributed by atoms with van der Waals surface area (Å²) in [6.07, 6.45) is 4.48. The smallest absolute Gasteiger partial charge is 0.339 e. The van der Waals surface area contributed by atoms with E-state index in [4.69, 9.17) is 5.11 Å². The van der Waals surface area contributed by atoms with Crippen LogP contribution in [0.2, 0.25) is 0 Å². The molecule has 0 aliphatic rings. The van der Waals surface area contributed by atoms with Crippen molar-refractivity contribution in [3.8, 4) is 11.6 Å². The molecule has 0 atom stereocenters. The summed E-state index contributed by atoms with van der Waals surface area (Å²) in [4.78, 5) is 27.4. The summed E-state index contributed by atoms with van der Waals surface area (Å²) in [5.41, 5.74) is 0.602. The van der Waals surface area contributed by atoms with Gasteiger partial charge in [0, 0.05) is 18.6 Å². The highest BCUT2D eigenvalue weighted by Gasteiger charge is 2.17. The predicted octanol–water partition coefficient (Wildman–Crippen LogP) is 1.76. The quantitative estimate of drug-likeness (QED) is 0.884. The lowest BCUT2D eigenvalue weighted by Crippen LogP contribution is -2.09. The molecule has 2 rings (SSSR count). The third kappa shape index (κ3) is 2.32. The molecule has 0 saturated carbocycles. The van der Waals surface area contributed by atoms with Crippen molar-refractivity contribution in [3.05, 3.63) is 35.9 Å². The molecule has 18 heavy (non-hydrogen) atoms. The molecule has 0 aromatic carbocycles. The van der Waals surface area contributed by atoms with Crippen LogP contribution < -0.4 is 0 Å². The Morgan fingerprint density at radius 1 is 1.17 bits per heavy atom. The molecule has 0 unspecified atom stereocenters. The van der Waals surface area contributed by atoms with Crippen LogP contribution in [0.25, 0.3) is 11.6 Å². The Balaban J connectivity index is 2.54. The van der Waals surface area contributed by atoms with Crippen LogP contribution in [0.1, 0.15) is 35.8 Å². The Labute approximate surface area is 104 Å². The molecule has 0 spiro atoms. The fourth-order valence-electron chi connectivity index (χ4n) is 1.52. The highest BCUT2D eigenvalue weighted by molar-refractivity contribution is 5.88. The molecular formula is C12H12N4O2. The molecule has 0 amide bonds. The average molecular weight is 244 g/mol. The number of carbonyl (C=O) groups is 1. The number of hydrogen-bond donors (Lipinski definition) is 1. The molecule has 0 saturated heterocycles. The third-order valence-electron chi connectivity index (χ3n) is 2.36. The molecule has 2 heterocycles. The van der Waals surface area contributed by atoms with Gasteiger partial charge in [0.2, 0.25) is 0 Å². The van der Waals surface area contributed by atoms with E-state index in [9.17, 15) is 4.79 Å². The summed E-state index contributed by atoms with van der Waals surface area (Å²) in [5, 5.41) is 9.06. The second-order valence-electron chi connectivity index (χ2n) is 4.02. The standard InChI is InChI=1S/C12H12N4O2/c1-7(2)9-8(12(17)18)6-15-11(16-9)10-13-4-3-5-14-10/h3-7H,1-2H3,(H,17,18). The highest BCUT2D eigenvalue weighted by Crippen LogP contribution is 2.19. The zero-order valence-corrected chi connectivity index (χ0v) is 10.0. The Hall–Kier alpha value is -2.37. The van der Waals surface area contributed by atoms with Crippen molar-refractivity contribution < 1.29 is 9.90 Å². The molecule has 0 fully saturated rings. The second-order valence-corrected chi connectivity index (χ2v) is 4.02. The molecule has 1 N–H and O–H groups in total. The van der Waals surface area contributed by atoms with Gasteiger partial charge in [-0.3, -0.25) is 0 Å². The zero-order chi connectivity index (χ0) is 13.1. The average Bonchev–Trinajstić information content (AvgIpc) is 2.39. The molecule has 0 aliphatic heterocycles. The normalized spacial score (nSPS) is 10.6. The Kier molecular flexibility index (Phi) is 3.27. The number of carboxylic acid groups (broad SMARTS) is 1. The minimum Gasteiger partial charge on any atom is -0.478 e.